The largest absolute Gasteiger partial charge is 0.211 e. The molecule has 0 bridgehead atoms. The molecule has 1 heterocycles. The van der Waals surface area contributed by atoms with Gasteiger partial charge in [-0.25, -0.2) is 15.0 Å². The summed E-state index contributed by atoms with van der Waals surface area (Å²) in [7, 11) is 0. The van der Waals surface area contributed by atoms with Crippen molar-refractivity contribution in [2.45, 2.75) is 63.7 Å². The smallest absolute Gasteiger partial charge is 0.163 e. The van der Waals surface area contributed by atoms with Gasteiger partial charge in [-0.05, 0) is 27.5 Å². The minimum atomic E-state index is -0.631. The van der Waals surface area contributed by atoms with Crippen LogP contribution in [0.15, 0.2) is 116 Å². The highest BCUT2D eigenvalue weighted by atomic mass is 15.0. The Kier molecular flexibility index (Phi) is 7.18. The molecule has 3 heteroatoms. The summed E-state index contributed by atoms with van der Waals surface area (Å²) in [5.41, 5.74) is 5.25. The number of allylic oxidation sites excluding steroid dienone is 5. The standard InChI is InChI=1S/C37H39N3/c1-8-37(24-22-27(23-25-37)26-12-10-9-11-13-26)34-39-32(28-14-18-30(19-15-28)35(2,3)4)38-33(40-34)29-16-20-31(21-17-29)36(5,6)7/h8-25,27H,1H2,2-7H3. The molecule has 0 fully saturated rings. The van der Waals surface area contributed by atoms with Crippen LogP contribution in [-0.4, -0.2) is 15.0 Å². The molecule has 1 aliphatic rings. The second-order valence-electron chi connectivity index (χ2n) is 12.8. The van der Waals surface area contributed by atoms with Crippen LogP contribution in [0.4, 0.5) is 0 Å². The second-order valence-corrected chi connectivity index (χ2v) is 12.8. The second kappa shape index (κ2) is 10.5. The zero-order valence-electron chi connectivity index (χ0n) is 24.5. The zero-order valence-corrected chi connectivity index (χ0v) is 24.5. The molecule has 0 saturated carbocycles. The number of hydrogen-bond acceptors (Lipinski definition) is 3. The topological polar surface area (TPSA) is 38.7 Å². The Morgan fingerprint density at radius 1 is 0.625 bits per heavy atom. The van der Waals surface area contributed by atoms with E-state index in [0.29, 0.717) is 17.5 Å². The van der Waals surface area contributed by atoms with Crippen LogP contribution in [0.25, 0.3) is 22.8 Å². The summed E-state index contributed by atoms with van der Waals surface area (Å²) in [6, 6.07) is 27.7. The molecule has 202 valence electrons. The molecule has 0 amide bonds. The molecule has 1 aromatic heterocycles. The Morgan fingerprint density at radius 3 is 1.48 bits per heavy atom. The minimum Gasteiger partial charge on any atom is -0.211 e. The molecule has 0 N–H and O–H groups in total. The van der Waals surface area contributed by atoms with Crippen molar-refractivity contribution in [2.24, 2.45) is 0 Å². The first-order chi connectivity index (χ1) is 19.0. The highest BCUT2D eigenvalue weighted by Gasteiger charge is 2.31. The zero-order chi connectivity index (χ0) is 28.5. The van der Waals surface area contributed by atoms with E-state index in [4.69, 9.17) is 15.0 Å². The third-order valence-electron chi connectivity index (χ3n) is 7.72. The third kappa shape index (κ3) is 5.60. The van der Waals surface area contributed by atoms with E-state index in [2.05, 4.69) is 145 Å². The lowest BCUT2D eigenvalue weighted by molar-refractivity contribution is 0.590. The van der Waals surface area contributed by atoms with Crippen molar-refractivity contribution in [1.29, 1.82) is 0 Å². The molecule has 1 aliphatic carbocycles. The van der Waals surface area contributed by atoms with Gasteiger partial charge in [0.05, 0.1) is 5.41 Å². The fraction of sp³-hybridized carbons (Fsp3) is 0.270. The summed E-state index contributed by atoms with van der Waals surface area (Å²) < 4.78 is 0. The highest BCUT2D eigenvalue weighted by Crippen LogP contribution is 2.36. The summed E-state index contributed by atoms with van der Waals surface area (Å²) in [6.45, 7) is 17.5. The Morgan fingerprint density at radius 2 is 1.07 bits per heavy atom. The van der Waals surface area contributed by atoms with Crippen LogP contribution in [0, 0.1) is 0 Å². The summed E-state index contributed by atoms with van der Waals surface area (Å²) in [5.74, 6) is 2.19. The van der Waals surface area contributed by atoms with E-state index in [1.54, 1.807) is 0 Å². The van der Waals surface area contributed by atoms with Gasteiger partial charge in [0.25, 0.3) is 0 Å². The molecule has 40 heavy (non-hydrogen) atoms. The molecular weight excluding hydrogens is 486 g/mol. The van der Waals surface area contributed by atoms with Gasteiger partial charge in [0.15, 0.2) is 17.5 Å². The van der Waals surface area contributed by atoms with Crippen LogP contribution in [-0.2, 0) is 16.2 Å². The normalized spacial score (nSPS) is 19.0. The number of rotatable bonds is 5. The first kappa shape index (κ1) is 27.5. The van der Waals surface area contributed by atoms with Crippen molar-refractivity contribution in [3.05, 3.63) is 138 Å². The van der Waals surface area contributed by atoms with Gasteiger partial charge in [-0.1, -0.05) is 151 Å². The Hall–Kier alpha value is -4.11. The lowest BCUT2D eigenvalue weighted by atomic mass is 9.79. The van der Waals surface area contributed by atoms with Crippen LogP contribution in [0.3, 0.4) is 0 Å². The van der Waals surface area contributed by atoms with Crippen molar-refractivity contribution in [3.63, 3.8) is 0 Å². The molecule has 0 unspecified atom stereocenters. The van der Waals surface area contributed by atoms with Gasteiger partial charge in [0.1, 0.15) is 0 Å². The molecule has 0 radical (unpaired) electrons. The number of hydrogen-bond donors (Lipinski definition) is 0. The fourth-order valence-corrected chi connectivity index (χ4v) is 4.99. The Balaban J connectivity index is 1.61. The van der Waals surface area contributed by atoms with Crippen LogP contribution in [0.1, 0.15) is 70.0 Å². The number of nitrogens with zero attached hydrogens (tertiary/aromatic N) is 3. The molecule has 0 saturated heterocycles. The van der Waals surface area contributed by atoms with Crippen molar-refractivity contribution >= 4 is 0 Å². The summed E-state index contributed by atoms with van der Waals surface area (Å²) in [4.78, 5) is 15.1. The third-order valence-corrected chi connectivity index (χ3v) is 7.72. The maximum absolute atomic E-state index is 5.05. The molecule has 3 aromatic carbocycles. The van der Waals surface area contributed by atoms with Gasteiger partial charge in [-0.2, -0.15) is 0 Å². The van der Waals surface area contributed by atoms with Gasteiger partial charge >= 0.3 is 0 Å². The highest BCUT2D eigenvalue weighted by molar-refractivity contribution is 5.63. The summed E-state index contributed by atoms with van der Waals surface area (Å²) in [6.07, 6.45) is 10.7. The molecule has 3 nitrogen and oxygen atoms in total. The van der Waals surface area contributed by atoms with Crippen LogP contribution >= 0.6 is 0 Å². The van der Waals surface area contributed by atoms with Crippen molar-refractivity contribution in [3.8, 4) is 22.8 Å². The monoisotopic (exact) mass is 525 g/mol. The summed E-state index contributed by atoms with van der Waals surface area (Å²) >= 11 is 0. The average molecular weight is 526 g/mol. The van der Waals surface area contributed by atoms with E-state index < -0.39 is 5.41 Å². The minimum absolute atomic E-state index is 0.0721. The lowest BCUT2D eigenvalue weighted by Gasteiger charge is -2.27. The molecule has 5 rings (SSSR count). The van der Waals surface area contributed by atoms with Gasteiger partial charge in [0, 0.05) is 17.0 Å². The molecule has 4 aromatic rings. The number of aromatic nitrogens is 3. The molecular formula is C37H39N3. The van der Waals surface area contributed by atoms with E-state index in [9.17, 15) is 0 Å². The van der Waals surface area contributed by atoms with E-state index in [1.807, 2.05) is 12.1 Å². The first-order valence-electron chi connectivity index (χ1n) is 14.0. The van der Waals surface area contributed by atoms with Crippen LogP contribution in [0.2, 0.25) is 0 Å². The van der Waals surface area contributed by atoms with E-state index in [0.717, 1.165) is 11.1 Å². The van der Waals surface area contributed by atoms with E-state index in [1.165, 1.54) is 16.7 Å². The van der Waals surface area contributed by atoms with E-state index >= 15 is 0 Å². The lowest BCUT2D eigenvalue weighted by Crippen LogP contribution is -2.24. The maximum Gasteiger partial charge on any atom is 0.163 e. The number of benzene rings is 3. The SMILES string of the molecule is C=CC1(c2nc(-c3ccc(C(C)(C)C)cc3)nc(-c3ccc(C(C)(C)C)cc3)n2)C=CC(c2ccccc2)C=C1. The summed E-state index contributed by atoms with van der Waals surface area (Å²) in [5, 5.41) is 0. The predicted octanol–water partition coefficient (Wildman–Crippen LogP) is 9.13. The van der Waals surface area contributed by atoms with Gasteiger partial charge in [0.2, 0.25) is 0 Å². The Bertz CT molecular complexity index is 1460. The average Bonchev–Trinajstić information content (AvgIpc) is 2.96. The Labute approximate surface area is 239 Å². The quantitative estimate of drug-likeness (QED) is 0.244. The maximum atomic E-state index is 5.05. The van der Waals surface area contributed by atoms with Crippen LogP contribution in [0.5, 0.6) is 0 Å². The van der Waals surface area contributed by atoms with Crippen molar-refractivity contribution in [2.75, 3.05) is 0 Å². The van der Waals surface area contributed by atoms with E-state index in [-0.39, 0.29) is 16.7 Å². The predicted molar refractivity (Wildman–Crippen MR) is 167 cm³/mol. The van der Waals surface area contributed by atoms with Gasteiger partial charge in [-0.3, -0.25) is 0 Å². The first-order valence-corrected chi connectivity index (χ1v) is 14.0. The van der Waals surface area contributed by atoms with Crippen LogP contribution < -0.4 is 0 Å². The van der Waals surface area contributed by atoms with Crippen molar-refractivity contribution < 1.29 is 0 Å². The fourth-order valence-electron chi connectivity index (χ4n) is 4.99. The molecule has 0 atom stereocenters. The van der Waals surface area contributed by atoms with Gasteiger partial charge in [-0.15, -0.1) is 6.58 Å². The van der Waals surface area contributed by atoms with Gasteiger partial charge < -0.3 is 0 Å². The molecule has 0 spiro atoms. The molecule has 0 aliphatic heterocycles. The van der Waals surface area contributed by atoms with Crippen molar-refractivity contribution in [1.82, 2.24) is 15.0 Å².